The average molecular weight is 269 g/mol. The van der Waals surface area contributed by atoms with E-state index in [9.17, 15) is 4.39 Å². The molecular formula is C15H24FNO2. The molecule has 1 N–H and O–H groups in total. The van der Waals surface area contributed by atoms with Crippen molar-refractivity contribution in [2.45, 2.75) is 25.8 Å². The van der Waals surface area contributed by atoms with Crippen molar-refractivity contribution in [3.05, 3.63) is 35.6 Å². The van der Waals surface area contributed by atoms with Crippen molar-refractivity contribution in [2.75, 3.05) is 33.5 Å². The van der Waals surface area contributed by atoms with Crippen molar-refractivity contribution >= 4 is 0 Å². The third-order valence-corrected chi connectivity index (χ3v) is 2.85. The minimum absolute atomic E-state index is 0.183. The molecule has 19 heavy (non-hydrogen) atoms. The van der Waals surface area contributed by atoms with Crippen LogP contribution in [0.15, 0.2) is 24.3 Å². The lowest BCUT2D eigenvalue weighted by atomic mass is 10.1. The molecule has 0 saturated heterocycles. The number of methoxy groups -OCH3 is 1. The van der Waals surface area contributed by atoms with Crippen LogP contribution in [0.25, 0.3) is 0 Å². The van der Waals surface area contributed by atoms with Gasteiger partial charge in [-0.15, -0.1) is 0 Å². The molecular weight excluding hydrogens is 245 g/mol. The van der Waals surface area contributed by atoms with Crippen LogP contribution in [-0.4, -0.2) is 39.5 Å². The summed E-state index contributed by atoms with van der Waals surface area (Å²) < 4.78 is 23.0. The summed E-state index contributed by atoms with van der Waals surface area (Å²) in [7, 11) is 1.67. The molecule has 0 aliphatic rings. The molecule has 0 amide bonds. The highest BCUT2D eigenvalue weighted by molar-refractivity contribution is 5.16. The number of halogens is 1. The third kappa shape index (κ3) is 7.93. The Labute approximate surface area is 115 Å². The van der Waals surface area contributed by atoms with E-state index in [0.29, 0.717) is 19.3 Å². The van der Waals surface area contributed by atoms with Crippen LogP contribution in [-0.2, 0) is 15.9 Å². The standard InChI is InChI=1S/C15H24FNO2/c1-13(12-14-4-6-15(16)7-5-14)17-8-3-9-19-11-10-18-2/h4-7,13,17H,3,8-12H2,1-2H3. The normalized spacial score (nSPS) is 12.6. The van der Waals surface area contributed by atoms with E-state index in [-0.39, 0.29) is 5.82 Å². The Morgan fingerprint density at radius 3 is 2.58 bits per heavy atom. The number of hydrogen-bond acceptors (Lipinski definition) is 3. The van der Waals surface area contributed by atoms with Crippen molar-refractivity contribution in [3.8, 4) is 0 Å². The molecule has 0 saturated carbocycles. The van der Waals surface area contributed by atoms with Crippen LogP contribution in [0, 0.1) is 5.82 Å². The van der Waals surface area contributed by atoms with E-state index in [1.165, 1.54) is 12.1 Å². The average Bonchev–Trinajstić information content (AvgIpc) is 2.40. The van der Waals surface area contributed by atoms with E-state index >= 15 is 0 Å². The molecule has 0 bridgehead atoms. The van der Waals surface area contributed by atoms with Gasteiger partial charge in [0.15, 0.2) is 0 Å². The minimum atomic E-state index is -0.183. The van der Waals surface area contributed by atoms with E-state index in [2.05, 4.69) is 12.2 Å². The lowest BCUT2D eigenvalue weighted by Crippen LogP contribution is -2.29. The molecule has 0 spiro atoms. The third-order valence-electron chi connectivity index (χ3n) is 2.85. The molecule has 1 unspecified atom stereocenters. The molecule has 108 valence electrons. The largest absolute Gasteiger partial charge is 0.382 e. The fourth-order valence-electron chi connectivity index (χ4n) is 1.81. The highest BCUT2D eigenvalue weighted by atomic mass is 19.1. The van der Waals surface area contributed by atoms with E-state index in [0.717, 1.165) is 31.6 Å². The van der Waals surface area contributed by atoms with Crippen molar-refractivity contribution in [3.63, 3.8) is 0 Å². The van der Waals surface area contributed by atoms with Gasteiger partial charge in [-0.25, -0.2) is 4.39 Å². The van der Waals surface area contributed by atoms with E-state index in [4.69, 9.17) is 9.47 Å². The van der Waals surface area contributed by atoms with Gasteiger partial charge in [0.25, 0.3) is 0 Å². The predicted octanol–water partition coefficient (Wildman–Crippen LogP) is 2.40. The monoisotopic (exact) mass is 269 g/mol. The molecule has 4 heteroatoms. The lowest BCUT2D eigenvalue weighted by molar-refractivity contribution is 0.0693. The summed E-state index contributed by atoms with van der Waals surface area (Å²) in [5, 5.41) is 3.43. The highest BCUT2D eigenvalue weighted by Crippen LogP contribution is 2.05. The molecule has 0 aromatic heterocycles. The Bertz CT molecular complexity index is 329. The van der Waals surface area contributed by atoms with Crippen LogP contribution in [0.3, 0.4) is 0 Å². The van der Waals surface area contributed by atoms with Gasteiger partial charge >= 0.3 is 0 Å². The van der Waals surface area contributed by atoms with Crippen molar-refractivity contribution in [1.82, 2.24) is 5.32 Å². The molecule has 0 heterocycles. The molecule has 1 rings (SSSR count). The minimum Gasteiger partial charge on any atom is -0.382 e. The Kier molecular flexibility index (Phi) is 8.38. The van der Waals surface area contributed by atoms with E-state index in [1.807, 2.05) is 12.1 Å². The second kappa shape index (κ2) is 9.89. The summed E-state index contributed by atoms with van der Waals surface area (Å²) in [6.45, 7) is 5.11. The van der Waals surface area contributed by atoms with Crippen LogP contribution in [0.5, 0.6) is 0 Å². The van der Waals surface area contributed by atoms with Gasteiger partial charge in [-0.05, 0) is 44.0 Å². The quantitative estimate of drug-likeness (QED) is 0.662. The van der Waals surface area contributed by atoms with Crippen molar-refractivity contribution in [1.29, 1.82) is 0 Å². The van der Waals surface area contributed by atoms with E-state index < -0.39 is 0 Å². The zero-order valence-electron chi connectivity index (χ0n) is 11.8. The second-order valence-electron chi connectivity index (χ2n) is 4.64. The molecule has 3 nitrogen and oxygen atoms in total. The van der Waals surface area contributed by atoms with Gasteiger partial charge in [-0.2, -0.15) is 0 Å². The summed E-state index contributed by atoms with van der Waals surface area (Å²) in [5.41, 5.74) is 1.15. The first-order valence-corrected chi connectivity index (χ1v) is 6.77. The Hall–Kier alpha value is -0.970. The second-order valence-corrected chi connectivity index (χ2v) is 4.64. The van der Waals surface area contributed by atoms with Crippen LogP contribution in [0.1, 0.15) is 18.9 Å². The van der Waals surface area contributed by atoms with Crippen LogP contribution < -0.4 is 5.32 Å². The topological polar surface area (TPSA) is 30.5 Å². The Balaban J connectivity index is 2.04. The van der Waals surface area contributed by atoms with Crippen LogP contribution >= 0.6 is 0 Å². The van der Waals surface area contributed by atoms with Gasteiger partial charge in [0.1, 0.15) is 5.82 Å². The first kappa shape index (κ1) is 16.1. The zero-order chi connectivity index (χ0) is 13.9. The fraction of sp³-hybridized carbons (Fsp3) is 0.600. The summed E-state index contributed by atoms with van der Waals surface area (Å²) in [6, 6.07) is 7.06. The highest BCUT2D eigenvalue weighted by Gasteiger charge is 2.02. The maximum Gasteiger partial charge on any atom is 0.123 e. The Morgan fingerprint density at radius 1 is 1.16 bits per heavy atom. The smallest absolute Gasteiger partial charge is 0.123 e. The van der Waals surface area contributed by atoms with Crippen LogP contribution in [0.2, 0.25) is 0 Å². The predicted molar refractivity (Wildman–Crippen MR) is 74.9 cm³/mol. The molecule has 0 aliphatic heterocycles. The first-order valence-electron chi connectivity index (χ1n) is 6.77. The molecule has 1 aromatic rings. The Morgan fingerprint density at radius 2 is 1.89 bits per heavy atom. The van der Waals surface area contributed by atoms with Crippen LogP contribution in [0.4, 0.5) is 4.39 Å². The lowest BCUT2D eigenvalue weighted by Gasteiger charge is -2.14. The van der Waals surface area contributed by atoms with E-state index in [1.54, 1.807) is 7.11 Å². The van der Waals surface area contributed by atoms with Gasteiger partial charge in [0.05, 0.1) is 13.2 Å². The number of hydrogen-bond donors (Lipinski definition) is 1. The number of nitrogens with one attached hydrogen (secondary N) is 1. The SMILES string of the molecule is COCCOCCCNC(C)Cc1ccc(F)cc1. The van der Waals surface area contributed by atoms with Crippen molar-refractivity contribution in [2.24, 2.45) is 0 Å². The number of rotatable bonds is 10. The maximum absolute atomic E-state index is 12.8. The summed E-state index contributed by atoms with van der Waals surface area (Å²) in [4.78, 5) is 0. The number of ether oxygens (including phenoxy) is 2. The van der Waals surface area contributed by atoms with Crippen molar-refractivity contribution < 1.29 is 13.9 Å². The first-order chi connectivity index (χ1) is 9.22. The summed E-state index contributed by atoms with van der Waals surface area (Å²) >= 11 is 0. The van der Waals surface area contributed by atoms with Gasteiger partial charge in [-0.3, -0.25) is 0 Å². The maximum atomic E-state index is 12.8. The zero-order valence-corrected chi connectivity index (χ0v) is 11.8. The number of benzene rings is 1. The van der Waals surface area contributed by atoms with Gasteiger partial charge in [0, 0.05) is 19.8 Å². The molecule has 0 radical (unpaired) electrons. The summed E-state index contributed by atoms with van der Waals surface area (Å²) in [5.74, 6) is -0.183. The van der Waals surface area contributed by atoms with Gasteiger partial charge in [-0.1, -0.05) is 12.1 Å². The molecule has 1 aromatic carbocycles. The van der Waals surface area contributed by atoms with Gasteiger partial charge in [0.2, 0.25) is 0 Å². The molecule has 0 fully saturated rings. The molecule has 0 aliphatic carbocycles. The molecule has 1 atom stereocenters. The van der Waals surface area contributed by atoms with Gasteiger partial charge < -0.3 is 14.8 Å². The fourth-order valence-corrected chi connectivity index (χ4v) is 1.81. The summed E-state index contributed by atoms with van der Waals surface area (Å²) in [6.07, 6.45) is 1.89.